The highest BCUT2D eigenvalue weighted by molar-refractivity contribution is 7.93. The quantitative estimate of drug-likeness (QED) is 0.350. The van der Waals surface area contributed by atoms with Gasteiger partial charge in [-0.15, -0.1) is 0 Å². The summed E-state index contributed by atoms with van der Waals surface area (Å²) in [5.74, 6) is -0.660. The predicted molar refractivity (Wildman–Crippen MR) is 184 cm³/mol. The lowest BCUT2D eigenvalue weighted by atomic mass is 9.83. The molecule has 6 rings (SSSR count). The van der Waals surface area contributed by atoms with Crippen LogP contribution in [0.5, 0.6) is 17.4 Å². The zero-order valence-corrected chi connectivity index (χ0v) is 29.4. The number of hydrogen-bond acceptors (Lipinski definition) is 11. The molecule has 50 heavy (non-hydrogen) atoms. The minimum atomic E-state index is -4.69. The number of likely N-dealkylation sites (tertiary alicyclic amines) is 1. The van der Waals surface area contributed by atoms with Gasteiger partial charge in [-0.05, 0) is 82.4 Å². The first-order valence-electron chi connectivity index (χ1n) is 16.5. The molecule has 3 aromatic rings. The Morgan fingerprint density at radius 2 is 1.76 bits per heavy atom. The van der Waals surface area contributed by atoms with Crippen molar-refractivity contribution in [3.8, 4) is 23.4 Å². The lowest BCUT2D eigenvalue weighted by Gasteiger charge is -2.43. The molecule has 1 N–H and O–H groups in total. The van der Waals surface area contributed by atoms with E-state index in [1.807, 2.05) is 0 Å². The maximum Gasteiger partial charge on any atom is 0.318 e. The van der Waals surface area contributed by atoms with E-state index in [0.29, 0.717) is 42.3 Å². The maximum atomic E-state index is 15.2. The van der Waals surface area contributed by atoms with Crippen molar-refractivity contribution < 1.29 is 32.2 Å². The Balaban J connectivity index is 1.45. The number of carbonyl (C=O) groups is 2. The largest absolute Gasteiger partial charge is 0.497 e. The van der Waals surface area contributed by atoms with Crippen molar-refractivity contribution in [1.82, 2.24) is 25.0 Å². The second kappa shape index (κ2) is 14.1. The third kappa shape index (κ3) is 6.08. The van der Waals surface area contributed by atoms with Gasteiger partial charge in [-0.2, -0.15) is 9.57 Å². The van der Waals surface area contributed by atoms with Gasteiger partial charge in [-0.25, -0.2) is 18.2 Å². The molecular weight excluding hydrogens is 662 g/mol. The Hall–Kier alpha value is -4.91. The van der Waals surface area contributed by atoms with Crippen LogP contribution in [-0.4, -0.2) is 113 Å². The number of methoxy groups -OCH3 is 2. The molecule has 0 saturated carbocycles. The van der Waals surface area contributed by atoms with E-state index in [2.05, 4.69) is 33.2 Å². The molecule has 1 aromatic heterocycles. The molecule has 14 nitrogen and oxygen atoms in total. The molecular formula is C35H41N7O7S. The molecule has 1 atom stereocenters. The van der Waals surface area contributed by atoms with Crippen molar-refractivity contribution in [2.75, 3.05) is 71.4 Å². The Kier molecular flexibility index (Phi) is 9.88. The number of nitrogens with one attached hydrogen (secondary N) is 1. The molecule has 2 fully saturated rings. The van der Waals surface area contributed by atoms with Crippen LogP contribution >= 0.6 is 0 Å². The Labute approximate surface area is 292 Å². The molecule has 3 aliphatic rings. The van der Waals surface area contributed by atoms with Gasteiger partial charge >= 0.3 is 6.03 Å². The van der Waals surface area contributed by atoms with Crippen molar-refractivity contribution in [2.24, 2.45) is 0 Å². The van der Waals surface area contributed by atoms with Crippen LogP contribution < -0.4 is 23.8 Å². The lowest BCUT2D eigenvalue weighted by molar-refractivity contribution is -0.121. The van der Waals surface area contributed by atoms with Crippen LogP contribution in [0.3, 0.4) is 0 Å². The highest BCUT2D eigenvalue weighted by Crippen LogP contribution is 2.50. The zero-order chi connectivity index (χ0) is 35.6. The van der Waals surface area contributed by atoms with E-state index in [4.69, 9.17) is 14.2 Å². The van der Waals surface area contributed by atoms with Crippen molar-refractivity contribution in [3.63, 3.8) is 0 Å². The number of sulfonamides is 1. The number of amides is 3. The van der Waals surface area contributed by atoms with Crippen molar-refractivity contribution in [1.29, 1.82) is 5.26 Å². The van der Waals surface area contributed by atoms with Crippen LogP contribution in [0.25, 0.3) is 0 Å². The zero-order valence-electron chi connectivity index (χ0n) is 28.6. The summed E-state index contributed by atoms with van der Waals surface area (Å²) in [6.07, 6.45) is 3.60. The number of benzene rings is 2. The molecule has 0 aliphatic carbocycles. The summed E-state index contributed by atoms with van der Waals surface area (Å²) in [4.78, 5) is 39.9. The number of nitriles is 1. The average molecular weight is 704 g/mol. The van der Waals surface area contributed by atoms with E-state index in [1.54, 1.807) is 24.0 Å². The molecule has 0 spiro atoms. The third-order valence-corrected chi connectivity index (χ3v) is 11.4. The SMILES string of the molecule is CCOc1ncccc1C1(NC(=O)N2CCN(C3CCN(C)CC3)CC2)C(=O)N(S(=O)(=O)c2ccc(OC)cc2OC)c2ccc(C#N)cc21. The van der Waals surface area contributed by atoms with Crippen LogP contribution in [0.15, 0.2) is 59.6 Å². The number of urea groups is 1. The van der Waals surface area contributed by atoms with Gasteiger partial charge in [0.1, 0.15) is 16.4 Å². The maximum absolute atomic E-state index is 15.2. The summed E-state index contributed by atoms with van der Waals surface area (Å²) in [6, 6.07) is 13.5. The number of hydrogen-bond donors (Lipinski definition) is 1. The number of aromatic nitrogens is 1. The smallest absolute Gasteiger partial charge is 0.318 e. The lowest BCUT2D eigenvalue weighted by Crippen LogP contribution is -2.61. The van der Waals surface area contributed by atoms with E-state index >= 15 is 4.79 Å². The number of rotatable bonds is 9. The van der Waals surface area contributed by atoms with Crippen molar-refractivity contribution >= 4 is 27.6 Å². The van der Waals surface area contributed by atoms with E-state index < -0.39 is 27.5 Å². The highest BCUT2D eigenvalue weighted by Gasteiger charge is 2.59. The summed E-state index contributed by atoms with van der Waals surface area (Å²) in [5.41, 5.74) is -1.81. The second-order valence-corrected chi connectivity index (χ2v) is 14.2. The fourth-order valence-electron chi connectivity index (χ4n) is 7.05. The summed E-state index contributed by atoms with van der Waals surface area (Å²) in [5, 5.41) is 12.9. The number of fused-ring (bicyclic) bond motifs is 1. The topological polar surface area (TPSA) is 158 Å². The van der Waals surface area contributed by atoms with Crippen LogP contribution in [0.1, 0.15) is 36.5 Å². The number of piperidine rings is 1. The molecule has 264 valence electrons. The van der Waals surface area contributed by atoms with E-state index in [9.17, 15) is 18.5 Å². The van der Waals surface area contributed by atoms with Gasteiger partial charge in [0.15, 0.2) is 5.54 Å². The second-order valence-electron chi connectivity index (χ2n) is 12.5. The minimum Gasteiger partial charge on any atom is -0.497 e. The summed E-state index contributed by atoms with van der Waals surface area (Å²) in [7, 11) is 0.177. The monoisotopic (exact) mass is 703 g/mol. The summed E-state index contributed by atoms with van der Waals surface area (Å²) >= 11 is 0. The van der Waals surface area contributed by atoms with E-state index in [1.165, 1.54) is 56.8 Å². The van der Waals surface area contributed by atoms with Gasteiger partial charge in [0.25, 0.3) is 15.9 Å². The highest BCUT2D eigenvalue weighted by atomic mass is 32.2. The predicted octanol–water partition coefficient (Wildman–Crippen LogP) is 2.77. The number of pyridine rings is 1. The van der Waals surface area contributed by atoms with Crippen LogP contribution in [-0.2, 0) is 20.4 Å². The first kappa shape index (κ1) is 34.9. The molecule has 0 bridgehead atoms. The fraction of sp³-hybridized carbons (Fsp3) is 0.429. The minimum absolute atomic E-state index is 0.0327. The van der Waals surface area contributed by atoms with Gasteiger partial charge in [0.2, 0.25) is 5.88 Å². The molecule has 3 aliphatic heterocycles. The number of piperazine rings is 1. The Morgan fingerprint density at radius 3 is 2.42 bits per heavy atom. The van der Waals surface area contributed by atoms with Crippen LogP contribution in [0.4, 0.5) is 10.5 Å². The number of ether oxygens (including phenoxy) is 3. The molecule has 2 aromatic carbocycles. The Bertz CT molecular complexity index is 1920. The normalized spacial score (nSPS) is 20.3. The van der Waals surface area contributed by atoms with Crippen molar-refractivity contribution in [3.05, 3.63) is 71.4 Å². The first-order chi connectivity index (χ1) is 24.1. The van der Waals surface area contributed by atoms with Crippen LogP contribution in [0, 0.1) is 11.3 Å². The molecule has 3 amide bonds. The van der Waals surface area contributed by atoms with Crippen molar-refractivity contribution in [2.45, 2.75) is 36.2 Å². The third-order valence-electron chi connectivity index (χ3n) is 9.70. The molecule has 1 unspecified atom stereocenters. The van der Waals surface area contributed by atoms with Gasteiger partial charge in [0.05, 0.1) is 43.7 Å². The molecule has 15 heteroatoms. The Morgan fingerprint density at radius 1 is 1.02 bits per heavy atom. The number of anilines is 1. The van der Waals surface area contributed by atoms with Crippen LogP contribution in [0.2, 0.25) is 0 Å². The summed E-state index contributed by atoms with van der Waals surface area (Å²) < 4.78 is 46.4. The average Bonchev–Trinajstić information content (AvgIpc) is 3.39. The molecule has 0 radical (unpaired) electrons. The fourth-order valence-corrected chi connectivity index (χ4v) is 8.66. The summed E-state index contributed by atoms with van der Waals surface area (Å²) in [6.45, 7) is 6.10. The number of nitrogens with zero attached hydrogens (tertiary/aromatic N) is 6. The molecule has 2 saturated heterocycles. The van der Waals surface area contributed by atoms with Gasteiger partial charge in [0, 0.05) is 50.0 Å². The molecule has 4 heterocycles. The number of carbonyl (C=O) groups excluding carboxylic acids is 2. The van der Waals surface area contributed by atoms with E-state index in [0.717, 1.165) is 25.9 Å². The van der Waals surface area contributed by atoms with Gasteiger partial charge < -0.3 is 29.3 Å². The van der Waals surface area contributed by atoms with E-state index in [-0.39, 0.29) is 45.5 Å². The first-order valence-corrected chi connectivity index (χ1v) is 18.0. The van der Waals surface area contributed by atoms with Gasteiger partial charge in [-0.3, -0.25) is 9.69 Å². The standard InChI is InChI=1S/C35H41N7O7S/c1-5-49-32-27(7-6-14-37-32)35(38-34(44)41-19-17-40(18-20-41)25-12-15-39(2)16-13-25)28-21-24(23-36)8-10-29(28)42(33(35)43)50(45,46)31-11-9-26(47-3)22-30(31)48-4/h6-11,14,21-22,25H,5,12-13,15-20H2,1-4H3,(H,38,44). The van der Waals surface area contributed by atoms with Gasteiger partial charge in [-0.1, -0.05) is 0 Å².